The van der Waals surface area contributed by atoms with Gasteiger partial charge >= 0.3 is 0 Å². The van der Waals surface area contributed by atoms with Crippen molar-refractivity contribution in [3.63, 3.8) is 0 Å². The summed E-state index contributed by atoms with van der Waals surface area (Å²) in [5, 5.41) is 0. The van der Waals surface area contributed by atoms with Gasteiger partial charge in [0.1, 0.15) is 5.75 Å². The number of rotatable bonds is 6. The van der Waals surface area contributed by atoms with Crippen LogP contribution in [0.2, 0.25) is 0 Å². The first kappa shape index (κ1) is 14.5. The molecule has 0 saturated heterocycles. The minimum atomic E-state index is 0.471. The molecule has 0 aliphatic carbocycles. The Morgan fingerprint density at radius 1 is 1.10 bits per heavy atom. The molecular weight excluding hydrogens is 250 g/mol. The molecule has 106 valence electrons. The van der Waals surface area contributed by atoms with Gasteiger partial charge in [-0.25, -0.2) is 0 Å². The fourth-order valence-electron chi connectivity index (χ4n) is 2.27. The first-order valence-electron chi connectivity index (χ1n) is 6.68. The Kier molecular flexibility index (Phi) is 5.09. The Morgan fingerprint density at radius 3 is 2.55 bits per heavy atom. The van der Waals surface area contributed by atoms with Gasteiger partial charge in [0, 0.05) is 31.4 Å². The summed E-state index contributed by atoms with van der Waals surface area (Å²) in [6, 6.07) is 12.1. The second-order valence-corrected chi connectivity index (χ2v) is 4.80. The summed E-state index contributed by atoms with van der Waals surface area (Å²) in [6.45, 7) is 2.11. The van der Waals surface area contributed by atoms with Gasteiger partial charge in [-0.15, -0.1) is 0 Å². The number of nitrogens with zero attached hydrogens (tertiary/aromatic N) is 2. The Balaban J connectivity index is 2.07. The zero-order valence-corrected chi connectivity index (χ0v) is 12.0. The van der Waals surface area contributed by atoms with Crippen molar-refractivity contribution in [3.8, 4) is 5.75 Å². The first-order chi connectivity index (χ1) is 9.74. The lowest BCUT2D eigenvalue weighted by atomic mass is 10.1. The van der Waals surface area contributed by atoms with Gasteiger partial charge in [-0.2, -0.15) is 0 Å². The Hall–Kier alpha value is -1.91. The van der Waals surface area contributed by atoms with E-state index in [1.807, 2.05) is 24.3 Å². The van der Waals surface area contributed by atoms with Crippen LogP contribution in [-0.2, 0) is 19.6 Å². The van der Waals surface area contributed by atoms with Crippen LogP contribution in [0.25, 0.3) is 0 Å². The van der Waals surface area contributed by atoms with Gasteiger partial charge in [-0.3, -0.25) is 9.88 Å². The molecule has 1 aromatic heterocycles. The molecule has 1 heterocycles. The van der Waals surface area contributed by atoms with E-state index in [1.54, 1.807) is 13.3 Å². The zero-order chi connectivity index (χ0) is 14.4. The molecule has 0 unspecified atom stereocenters. The Morgan fingerprint density at radius 2 is 1.80 bits per heavy atom. The third-order valence-corrected chi connectivity index (χ3v) is 3.25. The molecule has 20 heavy (non-hydrogen) atoms. The molecule has 2 aromatic rings. The van der Waals surface area contributed by atoms with Gasteiger partial charge < -0.3 is 10.5 Å². The number of pyridine rings is 1. The topological polar surface area (TPSA) is 51.4 Å². The third kappa shape index (κ3) is 3.56. The fraction of sp³-hybridized carbons (Fsp3) is 0.312. The minimum absolute atomic E-state index is 0.471. The van der Waals surface area contributed by atoms with E-state index in [-0.39, 0.29) is 0 Å². The van der Waals surface area contributed by atoms with Gasteiger partial charge in [0.05, 0.1) is 12.8 Å². The third-order valence-electron chi connectivity index (χ3n) is 3.25. The van der Waals surface area contributed by atoms with Crippen molar-refractivity contribution in [2.75, 3.05) is 14.2 Å². The van der Waals surface area contributed by atoms with Gasteiger partial charge in [-0.1, -0.05) is 24.3 Å². The van der Waals surface area contributed by atoms with Crippen LogP contribution < -0.4 is 10.5 Å². The predicted molar refractivity (Wildman–Crippen MR) is 80.3 cm³/mol. The lowest BCUT2D eigenvalue weighted by Crippen LogP contribution is -2.19. The van der Waals surface area contributed by atoms with Crippen molar-refractivity contribution < 1.29 is 4.74 Å². The van der Waals surface area contributed by atoms with E-state index in [2.05, 4.69) is 29.1 Å². The standard InChI is InChI=1S/C16H21N3O/c1-19(11-13-7-5-9-18-15(13)10-17)12-14-6-3-4-8-16(14)20-2/h3-9H,10-12,17H2,1-2H3. The van der Waals surface area contributed by atoms with Crippen LogP contribution in [0.1, 0.15) is 16.8 Å². The van der Waals surface area contributed by atoms with Gasteiger partial charge in [0.25, 0.3) is 0 Å². The van der Waals surface area contributed by atoms with E-state index in [9.17, 15) is 0 Å². The van der Waals surface area contributed by atoms with Crippen LogP contribution in [0.15, 0.2) is 42.6 Å². The smallest absolute Gasteiger partial charge is 0.123 e. The molecule has 0 radical (unpaired) electrons. The number of hydrogen-bond donors (Lipinski definition) is 1. The quantitative estimate of drug-likeness (QED) is 0.875. The van der Waals surface area contributed by atoms with Crippen LogP contribution in [0.5, 0.6) is 5.75 Å². The molecule has 0 bridgehead atoms. The molecule has 0 aliphatic rings. The number of para-hydroxylation sites is 1. The van der Waals surface area contributed by atoms with Crippen molar-refractivity contribution in [1.29, 1.82) is 0 Å². The van der Waals surface area contributed by atoms with Crippen molar-refractivity contribution in [1.82, 2.24) is 9.88 Å². The predicted octanol–water partition coefficient (Wildman–Crippen LogP) is 2.18. The highest BCUT2D eigenvalue weighted by Gasteiger charge is 2.08. The molecule has 0 fully saturated rings. The molecule has 0 amide bonds. The Labute approximate surface area is 120 Å². The van der Waals surface area contributed by atoms with Crippen molar-refractivity contribution in [2.45, 2.75) is 19.6 Å². The maximum atomic E-state index is 5.72. The van der Waals surface area contributed by atoms with Gasteiger partial charge in [-0.05, 0) is 24.7 Å². The molecule has 1 aromatic carbocycles. The molecule has 2 rings (SSSR count). The van der Waals surface area contributed by atoms with Crippen LogP contribution in [0.3, 0.4) is 0 Å². The molecule has 2 N–H and O–H groups in total. The molecule has 0 aliphatic heterocycles. The van der Waals surface area contributed by atoms with E-state index in [0.29, 0.717) is 6.54 Å². The van der Waals surface area contributed by atoms with Crippen molar-refractivity contribution in [2.24, 2.45) is 5.73 Å². The van der Waals surface area contributed by atoms with E-state index in [1.165, 1.54) is 11.1 Å². The van der Waals surface area contributed by atoms with E-state index >= 15 is 0 Å². The molecule has 0 atom stereocenters. The minimum Gasteiger partial charge on any atom is -0.496 e. The lowest BCUT2D eigenvalue weighted by Gasteiger charge is -2.19. The summed E-state index contributed by atoms with van der Waals surface area (Å²) >= 11 is 0. The Bertz CT molecular complexity index is 507. The lowest BCUT2D eigenvalue weighted by molar-refractivity contribution is 0.309. The maximum Gasteiger partial charge on any atom is 0.123 e. The van der Waals surface area contributed by atoms with E-state index in [4.69, 9.17) is 10.5 Å². The molecule has 4 heteroatoms. The van der Waals surface area contributed by atoms with E-state index in [0.717, 1.165) is 24.5 Å². The van der Waals surface area contributed by atoms with Crippen LogP contribution in [0.4, 0.5) is 0 Å². The summed E-state index contributed by atoms with van der Waals surface area (Å²) < 4.78 is 5.38. The van der Waals surface area contributed by atoms with Crippen LogP contribution in [-0.4, -0.2) is 24.0 Å². The second kappa shape index (κ2) is 7.03. The number of methoxy groups -OCH3 is 1. The maximum absolute atomic E-state index is 5.72. The fourth-order valence-corrected chi connectivity index (χ4v) is 2.27. The summed E-state index contributed by atoms with van der Waals surface area (Å²) in [4.78, 5) is 6.54. The van der Waals surface area contributed by atoms with Crippen LogP contribution in [0, 0.1) is 0 Å². The van der Waals surface area contributed by atoms with Crippen LogP contribution >= 0.6 is 0 Å². The van der Waals surface area contributed by atoms with Crippen molar-refractivity contribution in [3.05, 3.63) is 59.4 Å². The molecule has 4 nitrogen and oxygen atoms in total. The normalized spacial score (nSPS) is 10.8. The SMILES string of the molecule is COc1ccccc1CN(C)Cc1cccnc1CN. The average molecular weight is 271 g/mol. The average Bonchev–Trinajstić information content (AvgIpc) is 2.48. The van der Waals surface area contributed by atoms with Gasteiger partial charge in [0.15, 0.2) is 0 Å². The highest BCUT2D eigenvalue weighted by Crippen LogP contribution is 2.19. The number of nitrogens with two attached hydrogens (primary N) is 1. The number of benzene rings is 1. The molecule has 0 spiro atoms. The number of aromatic nitrogens is 1. The summed E-state index contributed by atoms with van der Waals surface area (Å²) in [6.07, 6.45) is 1.78. The summed E-state index contributed by atoms with van der Waals surface area (Å²) in [5.74, 6) is 0.921. The number of ether oxygens (including phenoxy) is 1. The van der Waals surface area contributed by atoms with E-state index < -0.39 is 0 Å². The molecule has 0 saturated carbocycles. The zero-order valence-electron chi connectivity index (χ0n) is 12.0. The second-order valence-electron chi connectivity index (χ2n) is 4.80. The van der Waals surface area contributed by atoms with Gasteiger partial charge in [0.2, 0.25) is 0 Å². The summed E-state index contributed by atoms with van der Waals surface area (Å²) in [5.41, 5.74) is 9.03. The molecular formula is C16H21N3O. The number of hydrogen-bond acceptors (Lipinski definition) is 4. The monoisotopic (exact) mass is 271 g/mol. The highest BCUT2D eigenvalue weighted by atomic mass is 16.5. The first-order valence-corrected chi connectivity index (χ1v) is 6.68. The largest absolute Gasteiger partial charge is 0.496 e. The summed E-state index contributed by atoms with van der Waals surface area (Å²) in [7, 11) is 3.78. The van der Waals surface area contributed by atoms with Crippen molar-refractivity contribution >= 4 is 0 Å². The highest BCUT2D eigenvalue weighted by molar-refractivity contribution is 5.33.